The number of carbonyl (C=O) groups is 1. The van der Waals surface area contributed by atoms with Gasteiger partial charge in [-0.25, -0.2) is 0 Å². The van der Waals surface area contributed by atoms with Crippen molar-refractivity contribution >= 4 is 5.91 Å². The molecule has 2 fully saturated rings. The maximum Gasteiger partial charge on any atom is 0.227 e. The summed E-state index contributed by atoms with van der Waals surface area (Å²) in [6.45, 7) is 2.56. The Balaban J connectivity index is 1.61. The SMILES string of the molecule is O=C(Cc1ccccc1)N(C[C@H]1CCOC1)C1CC1. The van der Waals surface area contributed by atoms with E-state index in [1.807, 2.05) is 30.3 Å². The van der Waals surface area contributed by atoms with Crippen LogP contribution in [0.25, 0.3) is 0 Å². The van der Waals surface area contributed by atoms with Crippen LogP contribution in [0.5, 0.6) is 0 Å². The predicted molar refractivity (Wildman–Crippen MR) is 73.8 cm³/mol. The maximum absolute atomic E-state index is 12.5. The molecule has 1 heterocycles. The molecule has 0 bridgehead atoms. The van der Waals surface area contributed by atoms with Crippen LogP contribution in [0.15, 0.2) is 30.3 Å². The minimum absolute atomic E-state index is 0.278. The van der Waals surface area contributed by atoms with E-state index in [1.54, 1.807) is 0 Å². The number of carbonyl (C=O) groups excluding carboxylic acids is 1. The quantitative estimate of drug-likeness (QED) is 0.811. The van der Waals surface area contributed by atoms with Crippen molar-refractivity contribution in [3.63, 3.8) is 0 Å². The van der Waals surface area contributed by atoms with Crippen LogP contribution in [0, 0.1) is 5.92 Å². The first kappa shape index (κ1) is 12.7. The highest BCUT2D eigenvalue weighted by Crippen LogP contribution is 2.29. The summed E-state index contributed by atoms with van der Waals surface area (Å²) in [6, 6.07) is 10.5. The van der Waals surface area contributed by atoms with Gasteiger partial charge in [-0.2, -0.15) is 0 Å². The lowest BCUT2D eigenvalue weighted by atomic mass is 10.1. The predicted octanol–water partition coefficient (Wildman–Crippen LogP) is 2.26. The molecular weight excluding hydrogens is 238 g/mol. The van der Waals surface area contributed by atoms with Gasteiger partial charge in [0.05, 0.1) is 13.0 Å². The topological polar surface area (TPSA) is 29.5 Å². The first-order chi connectivity index (χ1) is 9.33. The first-order valence-electron chi connectivity index (χ1n) is 7.24. The van der Waals surface area contributed by atoms with Gasteiger partial charge < -0.3 is 9.64 Å². The van der Waals surface area contributed by atoms with E-state index in [2.05, 4.69) is 4.90 Å². The van der Waals surface area contributed by atoms with Gasteiger partial charge in [-0.05, 0) is 24.8 Å². The van der Waals surface area contributed by atoms with Crippen LogP contribution in [-0.2, 0) is 16.0 Å². The fourth-order valence-electron chi connectivity index (χ4n) is 2.72. The molecular formula is C16H21NO2. The highest BCUT2D eigenvalue weighted by Gasteiger charge is 2.34. The van der Waals surface area contributed by atoms with Crippen LogP contribution in [0.1, 0.15) is 24.8 Å². The van der Waals surface area contributed by atoms with E-state index in [-0.39, 0.29) is 5.91 Å². The molecule has 19 heavy (non-hydrogen) atoms. The van der Waals surface area contributed by atoms with Crippen molar-refractivity contribution in [3.8, 4) is 0 Å². The van der Waals surface area contributed by atoms with Crippen LogP contribution in [0.4, 0.5) is 0 Å². The van der Waals surface area contributed by atoms with E-state index in [0.717, 1.165) is 31.7 Å². The van der Waals surface area contributed by atoms with Crippen molar-refractivity contribution in [1.29, 1.82) is 0 Å². The summed E-state index contributed by atoms with van der Waals surface area (Å²) in [7, 11) is 0. The number of hydrogen-bond donors (Lipinski definition) is 0. The van der Waals surface area contributed by atoms with E-state index < -0.39 is 0 Å². The first-order valence-corrected chi connectivity index (χ1v) is 7.24. The Labute approximate surface area is 114 Å². The van der Waals surface area contributed by atoms with E-state index in [9.17, 15) is 4.79 Å². The molecule has 1 aromatic carbocycles. The van der Waals surface area contributed by atoms with Gasteiger partial charge in [0.1, 0.15) is 0 Å². The molecule has 1 aliphatic carbocycles. The normalized spacial score (nSPS) is 22.4. The minimum atomic E-state index is 0.278. The van der Waals surface area contributed by atoms with Gasteiger partial charge in [0, 0.05) is 25.1 Å². The molecule has 102 valence electrons. The summed E-state index contributed by atoms with van der Waals surface area (Å²) < 4.78 is 5.42. The zero-order valence-corrected chi connectivity index (χ0v) is 11.3. The lowest BCUT2D eigenvalue weighted by Gasteiger charge is -2.25. The smallest absolute Gasteiger partial charge is 0.227 e. The summed E-state index contributed by atoms with van der Waals surface area (Å²) in [6.07, 6.45) is 3.98. The molecule has 0 unspecified atom stereocenters. The highest BCUT2D eigenvalue weighted by molar-refractivity contribution is 5.79. The fraction of sp³-hybridized carbons (Fsp3) is 0.562. The Morgan fingerprint density at radius 1 is 1.21 bits per heavy atom. The van der Waals surface area contributed by atoms with Crippen LogP contribution in [0.2, 0.25) is 0 Å². The largest absolute Gasteiger partial charge is 0.381 e. The lowest BCUT2D eigenvalue weighted by molar-refractivity contribution is -0.131. The number of ether oxygens (including phenoxy) is 1. The maximum atomic E-state index is 12.5. The Morgan fingerprint density at radius 2 is 2.00 bits per heavy atom. The monoisotopic (exact) mass is 259 g/mol. The standard InChI is InChI=1S/C16H21NO2/c18-16(10-13-4-2-1-3-5-13)17(15-6-7-15)11-14-8-9-19-12-14/h1-5,14-15H,6-12H2/t14-/m1/s1. The summed E-state index contributed by atoms with van der Waals surface area (Å²) in [5.41, 5.74) is 1.11. The van der Waals surface area contributed by atoms with Gasteiger partial charge in [-0.3, -0.25) is 4.79 Å². The Hall–Kier alpha value is -1.35. The average molecular weight is 259 g/mol. The number of rotatable bonds is 5. The van der Waals surface area contributed by atoms with E-state index >= 15 is 0 Å². The summed E-state index contributed by atoms with van der Waals surface area (Å²) in [5.74, 6) is 0.820. The Bertz CT molecular complexity index is 422. The summed E-state index contributed by atoms with van der Waals surface area (Å²) in [5, 5.41) is 0. The zero-order chi connectivity index (χ0) is 13.1. The molecule has 1 saturated carbocycles. The molecule has 0 radical (unpaired) electrons. The third kappa shape index (κ3) is 3.35. The van der Waals surface area contributed by atoms with Gasteiger partial charge in [0.25, 0.3) is 0 Å². The van der Waals surface area contributed by atoms with Crippen LogP contribution >= 0.6 is 0 Å². The molecule has 3 rings (SSSR count). The van der Waals surface area contributed by atoms with Crippen molar-refractivity contribution in [1.82, 2.24) is 4.90 Å². The fourth-order valence-corrected chi connectivity index (χ4v) is 2.72. The number of benzene rings is 1. The molecule has 2 aliphatic rings. The highest BCUT2D eigenvalue weighted by atomic mass is 16.5. The van der Waals surface area contributed by atoms with E-state index in [4.69, 9.17) is 4.74 Å². The molecule has 1 atom stereocenters. The summed E-state index contributed by atoms with van der Waals surface area (Å²) >= 11 is 0. The third-order valence-electron chi connectivity index (χ3n) is 3.99. The molecule has 3 heteroatoms. The van der Waals surface area contributed by atoms with Crippen LogP contribution in [-0.4, -0.2) is 36.6 Å². The van der Waals surface area contributed by atoms with Gasteiger partial charge >= 0.3 is 0 Å². The second kappa shape index (κ2) is 5.74. The van der Waals surface area contributed by atoms with Crippen LogP contribution in [0.3, 0.4) is 0 Å². The van der Waals surface area contributed by atoms with Crippen molar-refractivity contribution in [3.05, 3.63) is 35.9 Å². The molecule has 1 aliphatic heterocycles. The van der Waals surface area contributed by atoms with Crippen molar-refractivity contribution in [2.24, 2.45) is 5.92 Å². The van der Waals surface area contributed by atoms with E-state index in [1.165, 1.54) is 12.8 Å². The molecule has 1 saturated heterocycles. The van der Waals surface area contributed by atoms with Crippen molar-refractivity contribution in [2.75, 3.05) is 19.8 Å². The van der Waals surface area contributed by atoms with Crippen molar-refractivity contribution in [2.45, 2.75) is 31.7 Å². The Morgan fingerprint density at radius 3 is 2.63 bits per heavy atom. The molecule has 0 N–H and O–H groups in total. The molecule has 0 spiro atoms. The van der Waals surface area contributed by atoms with Gasteiger partial charge in [-0.15, -0.1) is 0 Å². The average Bonchev–Trinajstić information content (AvgIpc) is 3.14. The number of nitrogens with zero attached hydrogens (tertiary/aromatic N) is 1. The van der Waals surface area contributed by atoms with Crippen molar-refractivity contribution < 1.29 is 9.53 Å². The number of hydrogen-bond acceptors (Lipinski definition) is 2. The van der Waals surface area contributed by atoms with Gasteiger partial charge in [0.15, 0.2) is 0 Å². The minimum Gasteiger partial charge on any atom is -0.381 e. The Kier molecular flexibility index (Phi) is 3.83. The zero-order valence-electron chi connectivity index (χ0n) is 11.3. The van der Waals surface area contributed by atoms with Gasteiger partial charge in [0.2, 0.25) is 5.91 Å². The van der Waals surface area contributed by atoms with Gasteiger partial charge in [-0.1, -0.05) is 30.3 Å². The van der Waals surface area contributed by atoms with Crippen LogP contribution < -0.4 is 0 Å². The lowest BCUT2D eigenvalue weighted by Crippen LogP contribution is -2.38. The molecule has 1 aromatic rings. The second-order valence-corrected chi connectivity index (χ2v) is 5.67. The molecule has 3 nitrogen and oxygen atoms in total. The number of amides is 1. The molecule has 1 amide bonds. The second-order valence-electron chi connectivity index (χ2n) is 5.67. The summed E-state index contributed by atoms with van der Waals surface area (Å²) in [4.78, 5) is 14.6. The van der Waals surface area contributed by atoms with E-state index in [0.29, 0.717) is 18.4 Å². The third-order valence-corrected chi connectivity index (χ3v) is 3.99. The molecule has 0 aromatic heterocycles.